The van der Waals surface area contributed by atoms with Crippen LogP contribution in [0.3, 0.4) is 0 Å². The molecule has 4 aromatic rings. The highest BCUT2D eigenvalue weighted by Crippen LogP contribution is 2.18. The predicted molar refractivity (Wildman–Crippen MR) is 115 cm³/mol. The van der Waals surface area contributed by atoms with Crippen LogP contribution in [-0.4, -0.2) is 32.7 Å². The maximum absolute atomic E-state index is 13.3. The van der Waals surface area contributed by atoms with Crippen molar-refractivity contribution in [2.75, 3.05) is 0 Å². The van der Waals surface area contributed by atoms with Crippen LogP contribution in [0, 0.1) is 0 Å². The van der Waals surface area contributed by atoms with Gasteiger partial charge in [-0.1, -0.05) is 65.9 Å². The Morgan fingerprint density at radius 3 is 2.37 bits per heavy atom. The van der Waals surface area contributed by atoms with E-state index in [-0.39, 0.29) is 18.1 Å². The summed E-state index contributed by atoms with van der Waals surface area (Å²) in [7, 11) is 1.81. The number of nitrogens with zero attached hydrogens (tertiary/aromatic N) is 3. The topological polar surface area (TPSA) is 76.9 Å². The van der Waals surface area contributed by atoms with Gasteiger partial charge < -0.3 is 5.32 Å². The molecule has 0 aliphatic carbocycles. The Kier molecular flexibility index (Phi) is 5.66. The van der Waals surface area contributed by atoms with Gasteiger partial charge in [-0.25, -0.2) is 4.68 Å². The number of benzene rings is 3. The maximum atomic E-state index is 13.3. The third kappa shape index (κ3) is 4.27. The molecule has 3 aromatic carbocycles. The van der Waals surface area contributed by atoms with Crippen LogP contribution in [0.4, 0.5) is 0 Å². The van der Waals surface area contributed by atoms with Crippen LogP contribution in [0.2, 0.25) is 0 Å². The first-order chi connectivity index (χ1) is 14.6. The molecule has 0 aliphatic heterocycles. The van der Waals surface area contributed by atoms with Crippen molar-refractivity contribution in [3.63, 3.8) is 0 Å². The molecule has 1 heterocycles. The van der Waals surface area contributed by atoms with E-state index in [0.29, 0.717) is 12.0 Å². The van der Waals surface area contributed by atoms with E-state index in [0.717, 1.165) is 22.2 Å². The molecule has 6 nitrogen and oxygen atoms in total. The van der Waals surface area contributed by atoms with Gasteiger partial charge in [-0.2, -0.15) is 0 Å². The third-order valence-corrected chi connectivity index (χ3v) is 5.09. The van der Waals surface area contributed by atoms with E-state index in [4.69, 9.17) is 0 Å². The molecule has 6 heteroatoms. The minimum atomic E-state index is -0.642. The van der Waals surface area contributed by atoms with Gasteiger partial charge in [0.25, 0.3) is 5.91 Å². The number of hydrogen-bond donors (Lipinski definition) is 1. The molecule has 1 atom stereocenters. The number of fused-ring (bicyclic) bond motifs is 1. The van der Waals surface area contributed by atoms with E-state index in [9.17, 15) is 9.59 Å². The van der Waals surface area contributed by atoms with Crippen LogP contribution in [0.15, 0.2) is 78.9 Å². The summed E-state index contributed by atoms with van der Waals surface area (Å²) < 4.78 is 1.67. The zero-order valence-electron chi connectivity index (χ0n) is 16.7. The summed E-state index contributed by atoms with van der Waals surface area (Å²) in [5, 5.41) is 11.1. The highest BCUT2D eigenvalue weighted by Gasteiger charge is 2.23. The summed E-state index contributed by atoms with van der Waals surface area (Å²) in [4.78, 5) is 26.0. The summed E-state index contributed by atoms with van der Waals surface area (Å²) in [6.45, 7) is 0. The van der Waals surface area contributed by atoms with Crippen molar-refractivity contribution in [2.45, 2.75) is 18.9 Å². The molecule has 30 heavy (non-hydrogen) atoms. The molecule has 4 rings (SSSR count). The number of rotatable bonds is 7. The zero-order chi connectivity index (χ0) is 20.9. The number of amides is 1. The highest BCUT2D eigenvalue weighted by atomic mass is 16.2. The molecule has 1 aromatic heterocycles. The van der Waals surface area contributed by atoms with Crippen molar-refractivity contribution in [3.8, 4) is 0 Å². The molecule has 0 spiro atoms. The summed E-state index contributed by atoms with van der Waals surface area (Å²) in [6, 6.07) is 23.6. The number of nitrogens with one attached hydrogen (secondary N) is 1. The van der Waals surface area contributed by atoms with Gasteiger partial charge in [-0.15, -0.1) is 5.10 Å². The third-order valence-electron chi connectivity index (χ3n) is 5.09. The van der Waals surface area contributed by atoms with E-state index in [2.05, 4.69) is 15.6 Å². The Bertz CT molecular complexity index is 1170. The molecular weight excluding hydrogens is 376 g/mol. The molecule has 0 aliphatic rings. The second kappa shape index (κ2) is 8.69. The van der Waals surface area contributed by atoms with Crippen molar-refractivity contribution >= 4 is 22.7 Å². The van der Waals surface area contributed by atoms with Crippen molar-refractivity contribution in [1.82, 2.24) is 20.3 Å². The van der Waals surface area contributed by atoms with Gasteiger partial charge in [-0.3, -0.25) is 9.59 Å². The Balaban J connectivity index is 1.60. The monoisotopic (exact) mass is 398 g/mol. The van der Waals surface area contributed by atoms with E-state index in [1.165, 1.54) is 0 Å². The van der Waals surface area contributed by atoms with Gasteiger partial charge in [0.2, 0.25) is 0 Å². The molecular formula is C24H22N4O2. The van der Waals surface area contributed by atoms with Crippen LogP contribution in [0.1, 0.15) is 21.5 Å². The normalized spacial score (nSPS) is 11.9. The lowest BCUT2D eigenvalue weighted by atomic mass is 9.96. The van der Waals surface area contributed by atoms with E-state index in [1.54, 1.807) is 28.9 Å². The first-order valence-corrected chi connectivity index (χ1v) is 9.81. The molecule has 0 fully saturated rings. The molecule has 0 saturated heterocycles. The Labute approximate surface area is 174 Å². The van der Waals surface area contributed by atoms with Crippen molar-refractivity contribution in [2.24, 2.45) is 7.05 Å². The lowest BCUT2D eigenvalue weighted by molar-refractivity contribution is -0.120. The fourth-order valence-corrected chi connectivity index (χ4v) is 3.57. The van der Waals surface area contributed by atoms with E-state index >= 15 is 0 Å². The largest absolute Gasteiger partial charge is 0.342 e. The summed E-state index contributed by atoms with van der Waals surface area (Å²) in [6.07, 6.45) is 0.614. The molecule has 1 unspecified atom stereocenters. The van der Waals surface area contributed by atoms with Crippen LogP contribution >= 0.6 is 0 Å². The van der Waals surface area contributed by atoms with Crippen LogP contribution in [-0.2, 0) is 24.7 Å². The molecule has 0 saturated carbocycles. The van der Waals surface area contributed by atoms with Crippen molar-refractivity contribution in [3.05, 3.63) is 95.6 Å². The summed E-state index contributed by atoms with van der Waals surface area (Å²) in [5.74, 6) is -0.317. The van der Waals surface area contributed by atoms with Gasteiger partial charge in [0.05, 0.1) is 11.6 Å². The fourth-order valence-electron chi connectivity index (χ4n) is 3.57. The second-order valence-corrected chi connectivity index (χ2v) is 7.22. The molecule has 0 bridgehead atoms. The summed E-state index contributed by atoms with van der Waals surface area (Å²) >= 11 is 0. The second-order valence-electron chi connectivity index (χ2n) is 7.22. The minimum absolute atomic E-state index is 0.0585. The Morgan fingerprint density at radius 1 is 0.933 bits per heavy atom. The van der Waals surface area contributed by atoms with Crippen molar-refractivity contribution < 1.29 is 9.59 Å². The van der Waals surface area contributed by atoms with Gasteiger partial charge in [0.15, 0.2) is 5.78 Å². The number of hydrogen-bond acceptors (Lipinski definition) is 4. The quantitative estimate of drug-likeness (QED) is 0.519. The Morgan fingerprint density at radius 2 is 1.63 bits per heavy atom. The lowest BCUT2D eigenvalue weighted by Gasteiger charge is -2.18. The highest BCUT2D eigenvalue weighted by molar-refractivity contribution is 5.99. The van der Waals surface area contributed by atoms with Crippen molar-refractivity contribution in [1.29, 1.82) is 0 Å². The number of aryl methyl sites for hydroxylation is 1. The number of carbonyl (C=O) groups excluding carboxylic acids is 2. The fraction of sp³-hybridized carbons (Fsp3) is 0.167. The molecule has 1 amide bonds. The zero-order valence-corrected chi connectivity index (χ0v) is 16.7. The maximum Gasteiger partial charge on any atom is 0.251 e. The number of aromatic nitrogens is 3. The van der Waals surface area contributed by atoms with Crippen LogP contribution in [0.25, 0.3) is 11.0 Å². The lowest BCUT2D eigenvalue weighted by Crippen LogP contribution is -2.43. The number of para-hydroxylation sites is 1. The number of ketones is 1. The van der Waals surface area contributed by atoms with E-state index in [1.807, 2.05) is 61.6 Å². The van der Waals surface area contributed by atoms with Gasteiger partial charge in [-0.05, 0) is 35.7 Å². The van der Waals surface area contributed by atoms with Gasteiger partial charge in [0, 0.05) is 19.0 Å². The Hall–Kier alpha value is -3.80. The van der Waals surface area contributed by atoms with Gasteiger partial charge in [0.1, 0.15) is 5.52 Å². The van der Waals surface area contributed by atoms with Crippen LogP contribution < -0.4 is 5.32 Å². The number of carbonyl (C=O) groups is 2. The van der Waals surface area contributed by atoms with Crippen LogP contribution in [0.5, 0.6) is 0 Å². The standard InChI is InChI=1S/C24H22N4O2/c1-28-23-19(13-8-14-20(23)26-27-28)16-22(29)21(15-17-9-4-2-5-10-17)25-24(30)18-11-6-3-7-12-18/h2-14,21H,15-16H2,1H3,(H,25,30). The SMILES string of the molecule is Cn1nnc2cccc(CC(=O)C(Cc3ccccc3)NC(=O)c3ccccc3)c21. The minimum Gasteiger partial charge on any atom is -0.342 e. The van der Waals surface area contributed by atoms with E-state index < -0.39 is 6.04 Å². The molecule has 150 valence electrons. The van der Waals surface area contributed by atoms with Gasteiger partial charge >= 0.3 is 0 Å². The summed E-state index contributed by atoms with van der Waals surface area (Å²) in [5.41, 5.74) is 3.94. The first-order valence-electron chi connectivity index (χ1n) is 9.81. The first kappa shape index (κ1) is 19.5. The average molecular weight is 398 g/mol. The number of Topliss-reactive ketones (excluding diaryl/α,β-unsaturated/α-hetero) is 1. The molecule has 1 N–H and O–H groups in total. The average Bonchev–Trinajstić information content (AvgIpc) is 3.16. The smallest absolute Gasteiger partial charge is 0.251 e. The predicted octanol–water partition coefficient (Wildman–Crippen LogP) is 3.12. The molecule has 0 radical (unpaired) electrons.